The molecule has 0 heterocycles. The fourth-order valence-electron chi connectivity index (χ4n) is 6.08. The third kappa shape index (κ3) is 8.98. The van der Waals surface area contributed by atoms with Crippen molar-refractivity contribution in [3.05, 3.63) is 129 Å². The van der Waals surface area contributed by atoms with Gasteiger partial charge in [0.1, 0.15) is 12.6 Å². The van der Waals surface area contributed by atoms with Gasteiger partial charge in [-0.1, -0.05) is 109 Å². The van der Waals surface area contributed by atoms with Crippen LogP contribution in [0.15, 0.2) is 102 Å². The van der Waals surface area contributed by atoms with Crippen LogP contribution in [0.2, 0.25) is 10.0 Å². The minimum atomic E-state index is -4.18. The molecule has 1 fully saturated rings. The smallest absolute Gasteiger partial charge is 0.264 e. The number of amides is 2. The molecular formula is C38H41Cl2N3O4S. The van der Waals surface area contributed by atoms with Crippen LogP contribution < -0.4 is 9.62 Å². The second-order valence-corrected chi connectivity index (χ2v) is 15.2. The molecule has 2 amide bonds. The molecule has 0 aromatic heterocycles. The van der Waals surface area contributed by atoms with Crippen molar-refractivity contribution in [2.24, 2.45) is 0 Å². The van der Waals surface area contributed by atoms with Gasteiger partial charge in [0.25, 0.3) is 10.0 Å². The average Bonchev–Trinajstić information content (AvgIpc) is 3.07. The van der Waals surface area contributed by atoms with Crippen molar-refractivity contribution in [1.29, 1.82) is 0 Å². The second-order valence-electron chi connectivity index (χ2n) is 12.5. The van der Waals surface area contributed by atoms with Gasteiger partial charge >= 0.3 is 0 Å². The van der Waals surface area contributed by atoms with Gasteiger partial charge in [-0.05, 0) is 79.8 Å². The van der Waals surface area contributed by atoms with Gasteiger partial charge in [0, 0.05) is 19.0 Å². The second kappa shape index (κ2) is 16.0. The molecule has 0 unspecified atom stereocenters. The summed E-state index contributed by atoms with van der Waals surface area (Å²) in [4.78, 5) is 30.5. The largest absolute Gasteiger partial charge is 0.352 e. The lowest BCUT2D eigenvalue weighted by Crippen LogP contribution is -2.55. The van der Waals surface area contributed by atoms with Gasteiger partial charge in [-0.3, -0.25) is 13.9 Å². The lowest BCUT2D eigenvalue weighted by atomic mass is 9.94. The van der Waals surface area contributed by atoms with Crippen LogP contribution in [0.25, 0.3) is 0 Å². The van der Waals surface area contributed by atoms with Crippen molar-refractivity contribution in [1.82, 2.24) is 10.2 Å². The predicted octanol–water partition coefficient (Wildman–Crippen LogP) is 7.89. The van der Waals surface area contributed by atoms with Crippen molar-refractivity contribution in [3.63, 3.8) is 0 Å². The monoisotopic (exact) mass is 705 g/mol. The summed E-state index contributed by atoms with van der Waals surface area (Å²) in [7, 11) is -4.18. The van der Waals surface area contributed by atoms with Crippen LogP contribution in [0.1, 0.15) is 54.4 Å². The van der Waals surface area contributed by atoms with Crippen molar-refractivity contribution in [2.75, 3.05) is 10.8 Å². The van der Waals surface area contributed by atoms with E-state index in [0.717, 1.165) is 53.1 Å². The molecule has 4 aromatic rings. The molecule has 0 spiro atoms. The van der Waals surface area contributed by atoms with Crippen molar-refractivity contribution in [2.45, 2.75) is 75.9 Å². The third-order valence-electron chi connectivity index (χ3n) is 8.74. The Morgan fingerprint density at radius 3 is 2.17 bits per heavy atom. The summed E-state index contributed by atoms with van der Waals surface area (Å²) >= 11 is 12.6. The summed E-state index contributed by atoms with van der Waals surface area (Å²) in [5.41, 5.74) is 3.63. The summed E-state index contributed by atoms with van der Waals surface area (Å²) in [5.74, 6) is -0.805. The zero-order chi connectivity index (χ0) is 34.3. The first kappa shape index (κ1) is 35.5. The van der Waals surface area contributed by atoms with E-state index < -0.39 is 28.5 Å². The van der Waals surface area contributed by atoms with E-state index in [1.807, 2.05) is 50.2 Å². The molecule has 0 aliphatic heterocycles. The van der Waals surface area contributed by atoms with E-state index in [9.17, 15) is 18.0 Å². The van der Waals surface area contributed by atoms with E-state index >= 15 is 0 Å². The molecule has 48 heavy (non-hydrogen) atoms. The van der Waals surface area contributed by atoms with Crippen molar-refractivity contribution < 1.29 is 18.0 Å². The predicted molar refractivity (Wildman–Crippen MR) is 193 cm³/mol. The Balaban J connectivity index is 1.57. The van der Waals surface area contributed by atoms with Gasteiger partial charge in [0.05, 0.1) is 20.6 Å². The normalized spacial score (nSPS) is 14.2. The van der Waals surface area contributed by atoms with Crippen LogP contribution in [0.3, 0.4) is 0 Å². The van der Waals surface area contributed by atoms with Crippen LogP contribution in [-0.4, -0.2) is 43.8 Å². The Morgan fingerprint density at radius 1 is 0.792 bits per heavy atom. The minimum absolute atomic E-state index is 0.0113. The Morgan fingerprint density at radius 2 is 1.50 bits per heavy atom. The van der Waals surface area contributed by atoms with Gasteiger partial charge in [-0.25, -0.2) is 8.42 Å². The van der Waals surface area contributed by atoms with E-state index in [-0.39, 0.29) is 29.8 Å². The summed E-state index contributed by atoms with van der Waals surface area (Å²) in [6.07, 6.45) is 5.18. The molecule has 0 bridgehead atoms. The van der Waals surface area contributed by atoms with Gasteiger partial charge < -0.3 is 10.2 Å². The highest BCUT2D eigenvalue weighted by atomic mass is 35.5. The number of benzene rings is 4. The Kier molecular flexibility index (Phi) is 11.8. The molecule has 252 valence electrons. The molecule has 1 saturated carbocycles. The molecule has 1 aliphatic carbocycles. The molecule has 4 aromatic carbocycles. The number of nitrogens with one attached hydrogen (secondary N) is 1. The Hall–Kier alpha value is -3.85. The quantitative estimate of drug-likeness (QED) is 0.162. The summed E-state index contributed by atoms with van der Waals surface area (Å²) < 4.78 is 29.6. The highest BCUT2D eigenvalue weighted by molar-refractivity contribution is 7.92. The fraction of sp³-hybridized carbons (Fsp3) is 0.316. The molecule has 1 aliphatic rings. The van der Waals surface area contributed by atoms with Crippen molar-refractivity contribution in [3.8, 4) is 0 Å². The first-order valence-electron chi connectivity index (χ1n) is 16.2. The molecule has 1 N–H and O–H groups in total. The van der Waals surface area contributed by atoms with Crippen LogP contribution >= 0.6 is 23.2 Å². The SMILES string of the molecule is Cc1ccc(S(=O)(=O)N(CC(=O)N(Cc2ccc(Cl)c(Cl)c2)[C@@H](Cc2ccccc2)C(=O)NC2CCCCC2)c2cccc(C)c2)cc1. The summed E-state index contributed by atoms with van der Waals surface area (Å²) in [6, 6.07) is 27.3. The maximum absolute atomic E-state index is 14.7. The van der Waals surface area contributed by atoms with E-state index in [1.165, 1.54) is 4.90 Å². The van der Waals surface area contributed by atoms with Gasteiger partial charge in [0.15, 0.2) is 0 Å². The number of carbonyl (C=O) groups is 2. The highest BCUT2D eigenvalue weighted by Crippen LogP contribution is 2.28. The number of nitrogens with zero attached hydrogens (tertiary/aromatic N) is 2. The molecule has 10 heteroatoms. The molecule has 0 radical (unpaired) electrons. The van der Waals surface area contributed by atoms with Crippen LogP contribution in [0.4, 0.5) is 5.69 Å². The van der Waals surface area contributed by atoms with Crippen molar-refractivity contribution >= 4 is 50.7 Å². The number of carbonyl (C=O) groups excluding carboxylic acids is 2. The number of anilines is 1. The fourth-order valence-corrected chi connectivity index (χ4v) is 7.81. The molecular weight excluding hydrogens is 665 g/mol. The number of sulfonamides is 1. The number of aryl methyl sites for hydroxylation is 2. The molecule has 5 rings (SSSR count). The van der Waals surface area contributed by atoms with E-state index in [4.69, 9.17) is 23.2 Å². The molecule has 0 saturated heterocycles. The highest BCUT2D eigenvalue weighted by Gasteiger charge is 2.35. The summed E-state index contributed by atoms with van der Waals surface area (Å²) in [5, 5.41) is 3.90. The van der Waals surface area contributed by atoms with Crippen LogP contribution in [0.5, 0.6) is 0 Å². The van der Waals surface area contributed by atoms with E-state index in [1.54, 1.807) is 60.7 Å². The average molecular weight is 707 g/mol. The topological polar surface area (TPSA) is 86.8 Å². The lowest BCUT2D eigenvalue weighted by Gasteiger charge is -2.35. The van der Waals surface area contributed by atoms with Gasteiger partial charge in [-0.2, -0.15) is 0 Å². The van der Waals surface area contributed by atoms with E-state index in [2.05, 4.69) is 5.32 Å². The minimum Gasteiger partial charge on any atom is -0.352 e. The Labute approximate surface area is 293 Å². The first-order chi connectivity index (χ1) is 23.0. The zero-order valence-electron chi connectivity index (χ0n) is 27.2. The molecule has 1 atom stereocenters. The van der Waals surface area contributed by atoms with Crippen LogP contribution in [-0.2, 0) is 32.6 Å². The number of hydrogen-bond acceptors (Lipinski definition) is 4. The van der Waals surface area contributed by atoms with E-state index in [0.29, 0.717) is 21.3 Å². The van der Waals surface area contributed by atoms with Gasteiger partial charge in [-0.15, -0.1) is 0 Å². The number of hydrogen-bond donors (Lipinski definition) is 1. The first-order valence-corrected chi connectivity index (χ1v) is 18.4. The van der Waals surface area contributed by atoms with Crippen LogP contribution in [0, 0.1) is 13.8 Å². The van der Waals surface area contributed by atoms with Gasteiger partial charge in [0.2, 0.25) is 11.8 Å². The zero-order valence-corrected chi connectivity index (χ0v) is 29.6. The molecule has 7 nitrogen and oxygen atoms in total. The maximum atomic E-state index is 14.7. The summed E-state index contributed by atoms with van der Waals surface area (Å²) in [6.45, 7) is 3.23. The lowest BCUT2D eigenvalue weighted by molar-refractivity contribution is -0.140. The third-order valence-corrected chi connectivity index (χ3v) is 11.3. The number of rotatable bonds is 12. The number of halogens is 2. The maximum Gasteiger partial charge on any atom is 0.264 e. The standard InChI is InChI=1S/C38H41Cl2N3O4S/c1-27-16-19-33(20-17-27)48(46,47)43(32-15-9-10-28(2)22-32)26-37(44)42(25-30-18-21-34(39)35(40)23-30)36(24-29-11-5-3-6-12-29)38(45)41-31-13-7-4-8-14-31/h3,5-6,9-12,15-23,31,36H,4,7-8,13-14,24-26H2,1-2H3,(H,41,45)/t36-/m0/s1. The Bertz CT molecular complexity index is 1830.